The van der Waals surface area contributed by atoms with E-state index in [0.29, 0.717) is 0 Å². The van der Waals surface area contributed by atoms with Crippen LogP contribution in [0.2, 0.25) is 15.1 Å². The molecule has 0 amide bonds. The summed E-state index contributed by atoms with van der Waals surface area (Å²) in [5.41, 5.74) is 8.29. The first-order chi connectivity index (χ1) is 21.5. The zero-order valence-electron chi connectivity index (χ0n) is 30.3. The van der Waals surface area contributed by atoms with Crippen molar-refractivity contribution in [2.24, 2.45) is 0 Å². The van der Waals surface area contributed by atoms with Crippen molar-refractivity contribution in [3.63, 3.8) is 0 Å². The molecule has 0 saturated heterocycles. The predicted octanol–water partition coefficient (Wildman–Crippen LogP) is 17.2. The van der Waals surface area contributed by atoms with Crippen LogP contribution in [0.4, 0.5) is 17.7 Å². The van der Waals surface area contributed by atoms with E-state index in [-0.39, 0.29) is 39.8 Å². The number of hydrogen-bond donors (Lipinski definition) is 0. The van der Waals surface area contributed by atoms with Crippen LogP contribution in [0.15, 0.2) is 32.9 Å². The number of aryl methyl sites for hydroxylation is 3. The number of rotatable bonds is 4. The first kappa shape index (κ1) is 49.0. The maximum absolute atomic E-state index is 12.9. The molecule has 49 heavy (non-hydrogen) atoms. The Kier molecular flexibility index (Phi) is 18.8. The molecule has 0 aromatic heterocycles. The fourth-order valence-electron chi connectivity index (χ4n) is 5.16. The third-order valence-electron chi connectivity index (χ3n) is 7.74. The second kappa shape index (κ2) is 18.8. The summed E-state index contributed by atoms with van der Waals surface area (Å²) < 4.78 is 58.1. The topological polar surface area (TPSA) is 0 Å². The molecule has 3 rings (SSSR count). The van der Waals surface area contributed by atoms with Gasteiger partial charge in [0, 0.05) is 24.9 Å². The van der Waals surface area contributed by atoms with Gasteiger partial charge in [-0.15, -0.1) is 11.7 Å². The molecule has 0 fully saturated rings. The molecule has 0 bridgehead atoms. The van der Waals surface area contributed by atoms with Crippen molar-refractivity contribution in [3.8, 4) is 0 Å². The third-order valence-corrected chi connectivity index (χ3v) is 13.2. The molecule has 0 unspecified atom stereocenters. The van der Waals surface area contributed by atoms with Crippen LogP contribution in [0.3, 0.4) is 0 Å². The van der Waals surface area contributed by atoms with Gasteiger partial charge in [-0.05, 0) is 108 Å². The molecule has 3 aromatic carbocycles. The summed E-state index contributed by atoms with van der Waals surface area (Å²) in [5.74, 6) is 0. The van der Waals surface area contributed by atoms with Gasteiger partial charge in [0.05, 0.1) is 4.90 Å². The van der Waals surface area contributed by atoms with Crippen LogP contribution in [-0.4, -0.2) is 0 Å². The Bertz CT molecular complexity index is 1530. The second-order valence-electron chi connectivity index (χ2n) is 14.9. The Morgan fingerprint density at radius 1 is 0.531 bits per heavy atom. The van der Waals surface area contributed by atoms with Crippen molar-refractivity contribution in [2.75, 3.05) is 0 Å². The van der Waals surface area contributed by atoms with E-state index in [2.05, 4.69) is 81.4 Å². The fraction of sp³-hybridized carbons (Fsp3) is 0.514. The molecule has 0 radical (unpaired) electrons. The molecule has 285 valence electrons. The molecular weight excluding hydrogens is 850 g/mol. The molecule has 0 spiro atoms. The first-order valence-corrected chi connectivity index (χ1v) is 20.8. The molecule has 0 aliphatic carbocycles. The maximum atomic E-state index is 12.9. The van der Waals surface area contributed by atoms with E-state index in [1.165, 1.54) is 45.9 Å². The first-order valence-electron chi connectivity index (χ1n) is 15.0. The van der Waals surface area contributed by atoms with Crippen LogP contribution in [0.5, 0.6) is 0 Å². The van der Waals surface area contributed by atoms with Gasteiger partial charge >= 0.3 is 26.9 Å². The van der Waals surface area contributed by atoms with Gasteiger partial charge in [-0.3, -0.25) is 0 Å². The van der Waals surface area contributed by atoms with Gasteiger partial charge < -0.3 is 0 Å². The van der Waals surface area contributed by atoms with Gasteiger partial charge in [0.25, 0.3) is 0 Å². The van der Waals surface area contributed by atoms with Gasteiger partial charge in [0.1, 0.15) is 0 Å². The van der Waals surface area contributed by atoms with Gasteiger partial charge in [-0.1, -0.05) is 144 Å². The average Bonchev–Trinajstić information content (AvgIpc) is 2.90. The molecule has 0 saturated carbocycles. The van der Waals surface area contributed by atoms with E-state index in [1.807, 2.05) is 20.8 Å². The molecular formula is C37H52AgCl3F5S3. The summed E-state index contributed by atoms with van der Waals surface area (Å²) in [7, 11) is 3.57. The van der Waals surface area contributed by atoms with Gasteiger partial charge in [-0.2, -0.15) is 0 Å². The zero-order chi connectivity index (χ0) is 37.9. The molecule has 0 aliphatic rings. The molecule has 0 aliphatic heterocycles. The average molecular weight is 902 g/mol. The Balaban J connectivity index is 0.000000939. The van der Waals surface area contributed by atoms with E-state index in [4.69, 9.17) is 34.8 Å². The third kappa shape index (κ3) is 12.8. The standard InChI is InChI=1S/C24H32Cl2S2.C12H16ClF3S.CH4.Ag.2FH/c1-13-11-17(23(5,6)7)19(25)15(3)21(13)27-28-22-14(2)12-18(24(8,9)10)20(26)16(22)4;1-7-6-9(12(3,4)5)10(13)8(2)11(7)17(14,15)16;;;;/h11-12H,1-10H3;6H,1-5H3;1H4;;2*1H/q;;;+2;;/p-2. The quantitative estimate of drug-likeness (QED) is 0.145. The van der Waals surface area contributed by atoms with Crippen molar-refractivity contribution in [1.29, 1.82) is 0 Å². The van der Waals surface area contributed by atoms with Gasteiger partial charge in [-0.25, -0.2) is 0 Å². The van der Waals surface area contributed by atoms with E-state index in [1.54, 1.807) is 27.7 Å². The molecule has 0 N–H and O–H groups in total. The minimum absolute atomic E-state index is 0. The van der Waals surface area contributed by atoms with Crippen LogP contribution in [0, 0.1) is 41.5 Å². The monoisotopic (exact) mass is 899 g/mol. The van der Waals surface area contributed by atoms with Crippen LogP contribution < -0.4 is 0 Å². The summed E-state index contributed by atoms with van der Waals surface area (Å²) in [4.78, 5) is 1.96. The Labute approximate surface area is 329 Å². The molecule has 0 nitrogen and oxygen atoms in total. The van der Waals surface area contributed by atoms with E-state index >= 15 is 0 Å². The van der Waals surface area contributed by atoms with Crippen LogP contribution >= 0.6 is 67.6 Å². The molecule has 0 atom stereocenters. The van der Waals surface area contributed by atoms with E-state index in [0.717, 1.165) is 26.7 Å². The van der Waals surface area contributed by atoms with E-state index < -0.39 is 36.9 Å². The van der Waals surface area contributed by atoms with Crippen LogP contribution in [-0.2, 0) is 37.1 Å². The number of benzene rings is 3. The zero-order valence-corrected chi connectivity index (χ0v) is 36.5. The predicted molar refractivity (Wildman–Crippen MR) is 209 cm³/mol. The Morgan fingerprint density at radius 2 is 0.776 bits per heavy atom. The van der Waals surface area contributed by atoms with Crippen molar-refractivity contribution in [1.82, 2.24) is 0 Å². The van der Waals surface area contributed by atoms with Gasteiger partial charge in [0.2, 0.25) is 11.2 Å². The van der Waals surface area contributed by atoms with Crippen LogP contribution in [0.25, 0.3) is 0 Å². The van der Waals surface area contributed by atoms with Crippen molar-refractivity contribution in [3.05, 3.63) is 83.3 Å². The van der Waals surface area contributed by atoms with Crippen molar-refractivity contribution in [2.45, 2.75) is 142 Å². The molecule has 3 aromatic rings. The summed E-state index contributed by atoms with van der Waals surface area (Å²) >= 11 is 12.4. The van der Waals surface area contributed by atoms with Gasteiger partial charge in [0.15, 0.2) is 0 Å². The number of halogens is 8. The minimum atomic E-state index is -5.23. The SMILES string of the molecule is C.Cc1cc(C(C)(C)C)c(Cl)c(C)c1S(F)(F)F.Cc1cc(C(C)(C)C)c(Cl)c(C)c1SSc1c(C)cc(C(C)(C)C)c(Cl)c1C.[F][Ag][F]. The summed E-state index contributed by atoms with van der Waals surface area (Å²) in [6, 6.07) is 6.05. The Morgan fingerprint density at radius 3 is 1.02 bits per heavy atom. The van der Waals surface area contributed by atoms with Crippen molar-refractivity contribution >= 4 is 67.6 Å². The van der Waals surface area contributed by atoms with Crippen molar-refractivity contribution < 1.29 is 38.6 Å². The van der Waals surface area contributed by atoms with Crippen LogP contribution in [0.1, 0.15) is 120 Å². The molecule has 0 heterocycles. The molecule has 12 heteroatoms. The number of hydrogen-bond acceptors (Lipinski definition) is 2. The Hall–Kier alpha value is -0.0297. The second-order valence-corrected chi connectivity index (χ2v) is 19.6. The summed E-state index contributed by atoms with van der Waals surface area (Å²) in [5, 5.41) is 2.01. The normalized spacial score (nSPS) is 12.5. The van der Waals surface area contributed by atoms with E-state index in [9.17, 15) is 17.7 Å². The summed E-state index contributed by atoms with van der Waals surface area (Å²) in [6.07, 6.45) is 0. The fourth-order valence-corrected chi connectivity index (χ4v) is 10.5. The summed E-state index contributed by atoms with van der Waals surface area (Å²) in [6.45, 7) is 30.6.